The molecule has 0 aliphatic rings. The van der Waals surface area contributed by atoms with E-state index in [2.05, 4.69) is 0 Å². The van der Waals surface area contributed by atoms with Crippen molar-refractivity contribution in [1.29, 1.82) is 0 Å². The first-order valence-corrected chi connectivity index (χ1v) is 8.31. The van der Waals surface area contributed by atoms with Crippen LogP contribution in [0.4, 0.5) is 0 Å². The number of aliphatic carboxylic acids is 1. The molecule has 0 amide bonds. The molecule has 0 heterocycles. The van der Waals surface area contributed by atoms with Gasteiger partial charge in [0.05, 0.1) is 20.8 Å². The average Bonchev–Trinajstić information content (AvgIpc) is 2.70. The first kappa shape index (κ1) is 21.1. The van der Waals surface area contributed by atoms with Gasteiger partial charge in [-0.05, 0) is 41.5 Å². The van der Waals surface area contributed by atoms with E-state index in [1.807, 2.05) is 0 Å². The Labute approximate surface area is 161 Å². The van der Waals surface area contributed by atoms with Crippen LogP contribution in [0.25, 0.3) is 6.08 Å². The van der Waals surface area contributed by atoms with Gasteiger partial charge in [-0.2, -0.15) is 0 Å². The van der Waals surface area contributed by atoms with Gasteiger partial charge in [-0.15, -0.1) is 0 Å². The molecule has 0 bridgehead atoms. The Hall–Kier alpha value is -3.23. The lowest BCUT2D eigenvalue weighted by Crippen LogP contribution is -2.29. The Morgan fingerprint density at radius 2 is 1.79 bits per heavy atom. The monoisotopic (exact) mass is 390 g/mol. The maximum Gasteiger partial charge on any atom is 0.328 e. The minimum atomic E-state index is -1.21. The molecule has 0 saturated heterocycles. The van der Waals surface area contributed by atoms with Crippen LogP contribution in [-0.4, -0.2) is 53.3 Å². The molecular weight excluding hydrogens is 368 g/mol. The van der Waals surface area contributed by atoms with Crippen molar-refractivity contribution >= 4 is 12.0 Å². The van der Waals surface area contributed by atoms with E-state index in [0.717, 1.165) is 6.08 Å². The van der Waals surface area contributed by atoms with Gasteiger partial charge in [0.25, 0.3) is 0 Å². The first-order chi connectivity index (χ1) is 13.4. The third kappa shape index (κ3) is 5.15. The molecule has 28 heavy (non-hydrogen) atoms. The van der Waals surface area contributed by atoms with Crippen LogP contribution in [0.5, 0.6) is 23.0 Å². The predicted molar refractivity (Wildman–Crippen MR) is 101 cm³/mol. The summed E-state index contributed by atoms with van der Waals surface area (Å²) in [6.07, 6.45) is 0.156. The first-order valence-electron chi connectivity index (χ1n) is 8.31. The number of phenols is 1. The Morgan fingerprint density at radius 3 is 2.39 bits per heavy atom. The van der Waals surface area contributed by atoms with Gasteiger partial charge in [-0.3, -0.25) is 0 Å². The largest absolute Gasteiger partial charge is 0.504 e. The second-order valence-electron chi connectivity index (χ2n) is 5.80. The Balaban J connectivity index is 2.25. The van der Waals surface area contributed by atoms with Crippen LogP contribution in [0.15, 0.2) is 42.5 Å². The van der Waals surface area contributed by atoms with Crippen molar-refractivity contribution in [3.63, 3.8) is 0 Å². The van der Waals surface area contributed by atoms with Crippen LogP contribution in [0, 0.1) is 0 Å². The van der Waals surface area contributed by atoms with Crippen molar-refractivity contribution in [2.24, 2.45) is 0 Å². The summed E-state index contributed by atoms with van der Waals surface area (Å²) in [4.78, 5) is 10.6. The standard InChI is InChI=1S/C20H22O8/c1-26-16-10-13(5-6-14(16)22)20(25)18(11-21)28-15-7-3-12(4-8-19(23)24)9-17(15)27-2/h3-10,18,20-22,25H,11H2,1-2H3,(H,23,24)/t18-,20+/m0/s1. The molecule has 150 valence electrons. The average molecular weight is 390 g/mol. The number of hydrogen-bond donors (Lipinski definition) is 4. The molecule has 8 heteroatoms. The Kier molecular flexibility index (Phi) is 7.25. The molecule has 0 aromatic heterocycles. The highest BCUT2D eigenvalue weighted by Gasteiger charge is 2.24. The van der Waals surface area contributed by atoms with Crippen LogP contribution >= 0.6 is 0 Å². The topological polar surface area (TPSA) is 126 Å². The Morgan fingerprint density at radius 1 is 1.07 bits per heavy atom. The molecule has 2 aromatic rings. The van der Waals surface area contributed by atoms with Gasteiger partial charge in [-0.25, -0.2) is 4.79 Å². The molecule has 0 radical (unpaired) electrons. The van der Waals surface area contributed by atoms with Crippen LogP contribution < -0.4 is 14.2 Å². The second-order valence-corrected chi connectivity index (χ2v) is 5.80. The summed E-state index contributed by atoms with van der Waals surface area (Å²) in [5.41, 5.74) is 0.963. The lowest BCUT2D eigenvalue weighted by atomic mass is 10.0. The number of carboxylic acid groups (broad SMARTS) is 1. The van der Waals surface area contributed by atoms with E-state index in [1.165, 1.54) is 38.5 Å². The maximum absolute atomic E-state index is 10.6. The number of aliphatic hydroxyl groups excluding tert-OH is 2. The van der Waals surface area contributed by atoms with Gasteiger partial charge in [-0.1, -0.05) is 12.1 Å². The number of aliphatic hydroxyl groups is 2. The maximum atomic E-state index is 10.6. The van der Waals surface area contributed by atoms with Crippen LogP contribution in [0.3, 0.4) is 0 Å². The molecule has 4 N–H and O–H groups in total. The number of phenolic OH excluding ortho intramolecular Hbond substituents is 1. The molecule has 2 atom stereocenters. The van der Waals surface area contributed by atoms with E-state index >= 15 is 0 Å². The smallest absolute Gasteiger partial charge is 0.328 e. The van der Waals surface area contributed by atoms with Gasteiger partial charge in [0.15, 0.2) is 29.1 Å². The molecule has 0 saturated carbocycles. The highest BCUT2D eigenvalue weighted by molar-refractivity contribution is 5.85. The second kappa shape index (κ2) is 9.63. The molecule has 0 unspecified atom stereocenters. The molecule has 2 rings (SSSR count). The van der Waals surface area contributed by atoms with Crippen molar-refractivity contribution in [3.8, 4) is 23.0 Å². The zero-order chi connectivity index (χ0) is 20.7. The number of ether oxygens (including phenoxy) is 3. The normalized spacial score (nSPS) is 13.1. The lowest BCUT2D eigenvalue weighted by molar-refractivity contribution is -0.131. The third-order valence-electron chi connectivity index (χ3n) is 3.96. The minimum Gasteiger partial charge on any atom is -0.504 e. The molecule has 0 fully saturated rings. The van der Waals surface area contributed by atoms with Crippen molar-refractivity contribution in [3.05, 3.63) is 53.6 Å². The van der Waals surface area contributed by atoms with E-state index in [9.17, 15) is 20.1 Å². The Bertz CT molecular complexity index is 846. The molecular formula is C20H22O8. The number of aromatic hydroxyl groups is 1. The molecule has 0 aliphatic carbocycles. The van der Waals surface area contributed by atoms with Crippen molar-refractivity contribution in [2.75, 3.05) is 20.8 Å². The number of hydrogen-bond acceptors (Lipinski definition) is 7. The van der Waals surface area contributed by atoms with Crippen LogP contribution in [-0.2, 0) is 4.79 Å². The molecule has 0 aliphatic heterocycles. The molecule has 0 spiro atoms. The summed E-state index contributed by atoms with van der Waals surface area (Å²) in [7, 11) is 2.80. The number of benzene rings is 2. The molecule has 2 aromatic carbocycles. The fraction of sp³-hybridized carbons (Fsp3) is 0.250. The SMILES string of the molecule is COc1cc([C@@H](O)[C@H](CO)Oc2ccc(C=CC(=O)O)cc2OC)ccc1O. The van der Waals surface area contributed by atoms with E-state index in [-0.39, 0.29) is 17.2 Å². The van der Waals surface area contributed by atoms with E-state index in [4.69, 9.17) is 19.3 Å². The number of carboxylic acids is 1. The predicted octanol–water partition coefficient (Wildman–Crippen LogP) is 1.98. The highest BCUT2D eigenvalue weighted by atomic mass is 16.5. The van der Waals surface area contributed by atoms with Gasteiger partial charge in [0.1, 0.15) is 6.10 Å². The summed E-state index contributed by atoms with van der Waals surface area (Å²) in [6, 6.07) is 9.04. The lowest BCUT2D eigenvalue weighted by Gasteiger charge is -2.24. The summed E-state index contributed by atoms with van der Waals surface area (Å²) >= 11 is 0. The zero-order valence-corrected chi connectivity index (χ0v) is 15.4. The van der Waals surface area contributed by atoms with Gasteiger partial charge < -0.3 is 34.6 Å². The summed E-state index contributed by atoms with van der Waals surface area (Å²) in [6.45, 7) is -0.492. The summed E-state index contributed by atoms with van der Waals surface area (Å²) < 4.78 is 16.0. The quantitative estimate of drug-likeness (QED) is 0.479. The minimum absolute atomic E-state index is 0.0772. The van der Waals surface area contributed by atoms with E-state index in [1.54, 1.807) is 18.2 Å². The number of rotatable bonds is 9. The highest BCUT2D eigenvalue weighted by Crippen LogP contribution is 2.34. The van der Waals surface area contributed by atoms with Crippen LogP contribution in [0.1, 0.15) is 17.2 Å². The van der Waals surface area contributed by atoms with Crippen LogP contribution in [0.2, 0.25) is 0 Å². The van der Waals surface area contributed by atoms with Gasteiger partial charge in [0, 0.05) is 6.08 Å². The fourth-order valence-corrected chi connectivity index (χ4v) is 2.51. The third-order valence-corrected chi connectivity index (χ3v) is 3.96. The molecule has 8 nitrogen and oxygen atoms in total. The van der Waals surface area contributed by atoms with Gasteiger partial charge in [0.2, 0.25) is 0 Å². The van der Waals surface area contributed by atoms with Crippen molar-refractivity contribution in [2.45, 2.75) is 12.2 Å². The number of methoxy groups -OCH3 is 2. The van der Waals surface area contributed by atoms with E-state index < -0.39 is 24.8 Å². The van der Waals surface area contributed by atoms with Crippen molar-refractivity contribution in [1.82, 2.24) is 0 Å². The summed E-state index contributed by atoms with van der Waals surface area (Å²) in [5.74, 6) is -0.403. The van der Waals surface area contributed by atoms with Crippen molar-refractivity contribution < 1.29 is 39.4 Å². The van der Waals surface area contributed by atoms with Gasteiger partial charge >= 0.3 is 5.97 Å². The fourth-order valence-electron chi connectivity index (χ4n) is 2.51. The van der Waals surface area contributed by atoms with E-state index in [0.29, 0.717) is 16.9 Å². The zero-order valence-electron chi connectivity index (χ0n) is 15.4. The number of carbonyl (C=O) groups is 1. The summed E-state index contributed by atoms with van der Waals surface area (Å²) in [5, 5.41) is 38.6.